The molecule has 4 aliphatic heterocycles. The average Bonchev–Trinajstić information content (AvgIpc) is 1.61. The molecule has 4 aromatic heterocycles. The molecule has 0 saturated carbocycles. The summed E-state index contributed by atoms with van der Waals surface area (Å²) in [5, 5.41) is 41.0. The Bertz CT molecular complexity index is 5490. The highest BCUT2D eigenvalue weighted by molar-refractivity contribution is 14.1. The van der Waals surface area contributed by atoms with Crippen molar-refractivity contribution in [1.29, 1.82) is 0 Å². The van der Waals surface area contributed by atoms with Crippen LogP contribution in [-0.4, -0.2) is 110 Å². The number of rotatable bonds is 12. The summed E-state index contributed by atoms with van der Waals surface area (Å²) in [5.41, 5.74) is 37.0. The Kier molecular flexibility index (Phi) is 28.2. The van der Waals surface area contributed by atoms with Crippen LogP contribution in [-0.2, 0) is 63.3 Å². The molecule has 11 aromatic rings. The van der Waals surface area contributed by atoms with Gasteiger partial charge in [0.05, 0.1) is 84.2 Å². The van der Waals surface area contributed by atoms with E-state index in [1.807, 2.05) is 35.3 Å². The number of hydrogen-bond acceptors (Lipinski definition) is 14. The van der Waals surface area contributed by atoms with Gasteiger partial charge in [0.25, 0.3) is 23.6 Å². The SMILES string of the molecule is Cc1cc(-c2nn3c(c2C(N)=O)CCCC3)ccc1F.Cc1cc(-c2nn3c(c2C(N)=O)CNCC3)ccc1F.Cc1cc(B(O)O)ccc1F.NC(=O)c1c(I)nn2c1CCCC2.[C-]#[N+]c1ccc(CC(=O)N2CCn3nc(-c4ccc(F)c(C)c4)c(C(N)=O)c3C2)cc1C.[C-]#[N+]c1ccc(NC(=O)Oc2ccccc2)cc1C. The van der Waals surface area contributed by atoms with Crippen LogP contribution in [0.25, 0.3) is 43.5 Å². The number of aromatic nitrogens is 8. The van der Waals surface area contributed by atoms with E-state index < -0.39 is 30.9 Å². The van der Waals surface area contributed by atoms with Gasteiger partial charge in [-0.15, -0.1) is 0 Å². The highest BCUT2D eigenvalue weighted by atomic mass is 127. The van der Waals surface area contributed by atoms with Crippen molar-refractivity contribution in [2.24, 2.45) is 22.9 Å². The normalized spacial score (nSPS) is 12.7. The number of anilines is 1. The summed E-state index contributed by atoms with van der Waals surface area (Å²) in [5.74, 6) is -2.79. The zero-order chi connectivity index (χ0) is 83.1. The molecule has 0 aliphatic carbocycles. The molecule has 0 saturated heterocycles. The molecular weight excluding hydrogens is 1590 g/mol. The number of nitrogens with one attached hydrogen (secondary N) is 2. The standard InChI is InChI=1S/C24H22FN5O2.C15H16FN3O.C15H12N2O2.C14H15FN4O.C8H10IN3O.C7H8BFO2/c1-14-11-17(5-6-18(14)25)23-22(24(26)32)20-13-29(8-9-30(20)28-23)21(31)12-16-4-7-19(27-3)15(2)10-16;1-9-8-10(5-6-11(9)16)14-13(15(17)20)12-4-2-3-7-19(12)18-14;1-11-10-12(8-9-14(11)16-2)17-15(18)19-13-6-4-3-5-7-13;1-8-6-9(2-3-10(8)15)13-12(14(16)20)11-7-17-4-5-19(11)18-13;9-7-6(8(10)13)5-3-1-2-4-12(5)11-7;1-5-4-6(8(10)11)2-3-7(5)9/h4-7,10-11H,8-9,12-13H2,1-2H3,(H2,26,32);5-6,8H,2-4,7H2,1H3,(H2,17,20);3-10H,1H3,(H,17,18);2-3,6,17H,4-5,7H2,1H3,(H2,16,20);1-4H2,(H2,10,13);2-4,10-11H,1H3. The van der Waals surface area contributed by atoms with Gasteiger partial charge in [0, 0.05) is 55.1 Å². The van der Waals surface area contributed by atoms with Crippen LogP contribution in [0.15, 0.2) is 140 Å². The van der Waals surface area contributed by atoms with Crippen molar-refractivity contribution in [2.45, 2.75) is 126 Å². The minimum absolute atomic E-state index is 0.0815. The largest absolute Gasteiger partial charge is 0.488 e. The van der Waals surface area contributed by atoms with Crippen LogP contribution in [0, 0.1) is 81.7 Å². The number of amides is 6. The van der Waals surface area contributed by atoms with Gasteiger partial charge >= 0.3 is 13.2 Å². The molecule has 7 aromatic carbocycles. The van der Waals surface area contributed by atoms with Crippen molar-refractivity contribution < 1.29 is 61.1 Å². The van der Waals surface area contributed by atoms with Gasteiger partial charge in [-0.1, -0.05) is 54.6 Å². The van der Waals surface area contributed by atoms with E-state index in [1.165, 1.54) is 36.4 Å². The monoisotopic (exact) mass is 1680 g/mol. The Morgan fingerprint density at radius 3 is 1.44 bits per heavy atom. The Labute approximate surface area is 674 Å². The highest BCUT2D eigenvalue weighted by Gasteiger charge is 2.32. The maximum atomic E-state index is 13.7. The smallest absolute Gasteiger partial charge is 0.423 e. The Balaban J connectivity index is 0.000000151. The number of nitrogens with zero attached hydrogens (tertiary/aromatic N) is 11. The maximum absolute atomic E-state index is 13.7. The molecule has 0 radical (unpaired) electrons. The molecule has 0 atom stereocenters. The summed E-state index contributed by atoms with van der Waals surface area (Å²) < 4.78 is 66.2. The lowest BCUT2D eigenvalue weighted by atomic mass is 9.80. The second-order valence-corrected chi connectivity index (χ2v) is 28.5. The van der Waals surface area contributed by atoms with Crippen LogP contribution in [0.2, 0.25) is 0 Å². The van der Waals surface area contributed by atoms with Crippen LogP contribution in [0.5, 0.6) is 5.75 Å². The van der Waals surface area contributed by atoms with Gasteiger partial charge < -0.3 is 47.9 Å². The predicted octanol–water partition coefficient (Wildman–Crippen LogP) is 12.1. The molecule has 32 heteroatoms. The topological polar surface area (TPSA) is 363 Å². The highest BCUT2D eigenvalue weighted by Crippen LogP contribution is 2.34. The summed E-state index contributed by atoms with van der Waals surface area (Å²) >= 11 is 2.06. The number of aryl methyl sites for hydroxylation is 8. The number of benzene rings is 7. The van der Waals surface area contributed by atoms with Gasteiger partial charge in [-0.3, -0.25) is 48.0 Å². The lowest BCUT2D eigenvalue weighted by Crippen LogP contribution is -2.40. The summed E-state index contributed by atoms with van der Waals surface area (Å²) in [6, 6.07) is 37.2. The van der Waals surface area contributed by atoms with Gasteiger partial charge in [-0.05, 0) is 232 Å². The summed E-state index contributed by atoms with van der Waals surface area (Å²) in [7, 11) is -1.52. The van der Waals surface area contributed by atoms with E-state index in [1.54, 1.807) is 133 Å². The van der Waals surface area contributed by atoms with E-state index in [4.69, 9.17) is 50.9 Å². The average molecular weight is 1680 g/mol. The van der Waals surface area contributed by atoms with Crippen molar-refractivity contribution in [3.05, 3.63) is 273 Å². The third-order valence-corrected chi connectivity index (χ3v) is 20.1. The molecule has 26 nitrogen and oxygen atoms in total. The fraction of sp³-hybridized carbons (Fsp3) is 0.253. The quantitative estimate of drug-likeness (QED) is 0.0244. The third-order valence-electron chi connectivity index (χ3n) is 19.3. The first-order chi connectivity index (χ1) is 54.9. The number of carbonyl (C=O) groups excluding carboxylic acids is 6. The lowest BCUT2D eigenvalue weighted by molar-refractivity contribution is -0.132. The van der Waals surface area contributed by atoms with Gasteiger partial charge in [0.2, 0.25) is 5.91 Å². The minimum Gasteiger partial charge on any atom is -0.423 e. The van der Waals surface area contributed by atoms with E-state index in [0.29, 0.717) is 127 Å². The lowest BCUT2D eigenvalue weighted by Gasteiger charge is -2.28. The number of carbonyl (C=O) groups is 6. The molecule has 12 N–H and O–H groups in total. The van der Waals surface area contributed by atoms with Crippen molar-refractivity contribution in [2.75, 3.05) is 18.4 Å². The van der Waals surface area contributed by atoms with Crippen LogP contribution >= 0.6 is 22.6 Å². The first-order valence-electron chi connectivity index (χ1n) is 36.6. The number of primary amides is 4. The van der Waals surface area contributed by atoms with Crippen LogP contribution in [0.3, 0.4) is 0 Å². The van der Waals surface area contributed by atoms with Gasteiger partial charge in [0.1, 0.15) is 49.8 Å². The third kappa shape index (κ3) is 20.8. The first-order valence-corrected chi connectivity index (χ1v) is 37.6. The second-order valence-electron chi connectivity index (χ2n) is 27.5. The number of fused-ring (bicyclic) bond motifs is 4. The van der Waals surface area contributed by atoms with Gasteiger partial charge in [-0.25, -0.2) is 32.0 Å². The fourth-order valence-corrected chi connectivity index (χ4v) is 14.2. The molecule has 4 aliphatic rings. The predicted molar refractivity (Wildman–Crippen MR) is 435 cm³/mol. The van der Waals surface area contributed by atoms with E-state index in [9.17, 15) is 46.3 Å². The van der Waals surface area contributed by atoms with Crippen molar-refractivity contribution >= 4 is 87.9 Å². The minimum atomic E-state index is -1.52. The Hall–Kier alpha value is -12.6. The molecular formula is C83H83BF4IN17O9. The zero-order valence-electron chi connectivity index (χ0n) is 63.8. The van der Waals surface area contributed by atoms with E-state index >= 15 is 0 Å². The number of ether oxygens (including phenoxy) is 1. The van der Waals surface area contributed by atoms with E-state index in [2.05, 4.69) is 63.3 Å². The summed E-state index contributed by atoms with van der Waals surface area (Å²) in [4.78, 5) is 80.1. The van der Waals surface area contributed by atoms with Crippen LogP contribution in [0.4, 0.5) is 39.4 Å². The molecule has 6 amide bonds. The second kappa shape index (κ2) is 38.3. The van der Waals surface area contributed by atoms with Crippen LogP contribution in [0.1, 0.15) is 129 Å². The number of hydrogen-bond donors (Lipinski definition) is 8. The maximum Gasteiger partial charge on any atom is 0.488 e. The molecule has 15 rings (SSSR count). The number of para-hydroxylation sites is 1. The molecule has 115 heavy (non-hydrogen) atoms. The van der Waals surface area contributed by atoms with Crippen molar-refractivity contribution in [3.8, 4) is 39.5 Å². The first kappa shape index (κ1) is 84.8. The Morgan fingerprint density at radius 2 is 0.965 bits per heavy atom. The number of nitrogens with two attached hydrogens (primary N) is 4. The van der Waals surface area contributed by atoms with Crippen LogP contribution < -0.4 is 43.8 Å². The zero-order valence-corrected chi connectivity index (χ0v) is 66.0. The molecule has 0 spiro atoms. The molecule has 0 bridgehead atoms. The molecule has 0 unspecified atom stereocenters. The van der Waals surface area contributed by atoms with Gasteiger partial charge in [0.15, 0.2) is 11.4 Å². The van der Waals surface area contributed by atoms with Gasteiger partial charge in [-0.2, -0.15) is 20.4 Å². The number of halogens is 5. The molecule has 592 valence electrons. The van der Waals surface area contributed by atoms with E-state index in [0.717, 1.165) is 101 Å². The van der Waals surface area contributed by atoms with Crippen molar-refractivity contribution in [1.82, 2.24) is 49.3 Å². The van der Waals surface area contributed by atoms with E-state index in [-0.39, 0.29) is 53.6 Å². The van der Waals surface area contributed by atoms with Crippen molar-refractivity contribution in [3.63, 3.8) is 0 Å². The Morgan fingerprint density at radius 1 is 0.513 bits per heavy atom. The molecule has 8 heterocycles. The fourth-order valence-electron chi connectivity index (χ4n) is 13.4. The summed E-state index contributed by atoms with van der Waals surface area (Å²) in [6.07, 6.45) is 5.73. The molecule has 0 fully saturated rings. The summed E-state index contributed by atoms with van der Waals surface area (Å²) in [6.45, 7) is 29.2.